The molecule has 0 aliphatic heterocycles. The lowest BCUT2D eigenvalue weighted by Crippen LogP contribution is -2.28. The van der Waals surface area contributed by atoms with Crippen LogP contribution in [-0.2, 0) is 6.54 Å². The number of hydrogen-bond acceptors (Lipinski definition) is 5. The van der Waals surface area contributed by atoms with Crippen LogP contribution >= 0.6 is 0 Å². The van der Waals surface area contributed by atoms with E-state index in [1.165, 1.54) is 25.6 Å². The fourth-order valence-corrected chi connectivity index (χ4v) is 3.72. The fraction of sp³-hybridized carbons (Fsp3) is 0.526. The molecule has 152 valence electrons. The lowest BCUT2D eigenvalue weighted by atomic mass is 9.78. The van der Waals surface area contributed by atoms with Crippen LogP contribution in [0.5, 0.6) is 11.6 Å². The zero-order valence-electron chi connectivity index (χ0n) is 15.5. The Hall–Kier alpha value is -2.58. The molecule has 6 nitrogen and oxygen atoms in total. The monoisotopic (exact) mass is 397 g/mol. The number of rotatable bonds is 7. The van der Waals surface area contributed by atoms with Crippen LogP contribution in [0.1, 0.15) is 47.7 Å². The highest BCUT2D eigenvalue weighted by Gasteiger charge is 2.34. The molecule has 0 N–H and O–H groups in total. The van der Waals surface area contributed by atoms with Gasteiger partial charge in [0.2, 0.25) is 5.88 Å². The second-order valence-corrected chi connectivity index (χ2v) is 6.87. The summed E-state index contributed by atoms with van der Waals surface area (Å²) in [6.07, 6.45) is 2.72. The number of alkyl halides is 3. The molecule has 0 amide bonds. The molecule has 0 aromatic carbocycles. The molecule has 28 heavy (non-hydrogen) atoms. The molecule has 0 bridgehead atoms. The Morgan fingerprint density at radius 3 is 2.82 bits per heavy atom. The molecular weight excluding hydrogens is 375 g/mol. The number of ether oxygens (including phenoxy) is 2. The minimum atomic E-state index is -4.32. The van der Waals surface area contributed by atoms with Crippen molar-refractivity contribution in [2.75, 3.05) is 13.7 Å². The summed E-state index contributed by atoms with van der Waals surface area (Å²) in [6, 6.07) is 3.14. The molecule has 2 aromatic heterocycles. The van der Waals surface area contributed by atoms with Crippen molar-refractivity contribution in [2.45, 2.75) is 44.3 Å². The predicted molar refractivity (Wildman–Crippen MR) is 94.7 cm³/mol. The molecule has 2 heterocycles. The summed E-state index contributed by atoms with van der Waals surface area (Å²) in [5.74, 6) is 0.591. The maximum atomic E-state index is 12.8. The van der Waals surface area contributed by atoms with Crippen molar-refractivity contribution in [2.24, 2.45) is 5.92 Å². The van der Waals surface area contributed by atoms with Crippen molar-refractivity contribution in [3.8, 4) is 11.6 Å². The van der Waals surface area contributed by atoms with Gasteiger partial charge in [0.05, 0.1) is 25.5 Å². The third kappa shape index (κ3) is 4.82. The second-order valence-electron chi connectivity index (χ2n) is 6.87. The summed E-state index contributed by atoms with van der Waals surface area (Å²) in [5.41, 5.74) is 0.899. The summed E-state index contributed by atoms with van der Waals surface area (Å²) < 4.78 is 50.4. The number of methoxy groups -OCH3 is 1. The Bertz CT molecular complexity index is 807. The number of pyridine rings is 1. The molecule has 3 rings (SSSR count). The van der Waals surface area contributed by atoms with Gasteiger partial charge in [0, 0.05) is 29.8 Å². The van der Waals surface area contributed by atoms with E-state index in [1.807, 2.05) is 0 Å². The van der Waals surface area contributed by atoms with Crippen molar-refractivity contribution in [1.82, 2.24) is 14.8 Å². The minimum absolute atomic E-state index is 0.0269. The van der Waals surface area contributed by atoms with Crippen LogP contribution in [0.2, 0.25) is 0 Å². The van der Waals surface area contributed by atoms with E-state index in [1.54, 1.807) is 6.07 Å². The van der Waals surface area contributed by atoms with Gasteiger partial charge in [-0.3, -0.25) is 9.48 Å². The Morgan fingerprint density at radius 1 is 1.32 bits per heavy atom. The highest BCUT2D eigenvalue weighted by atomic mass is 19.4. The molecule has 2 aromatic rings. The topological polar surface area (TPSA) is 66.2 Å². The average molecular weight is 397 g/mol. The minimum Gasteiger partial charge on any atom is -0.491 e. The first-order chi connectivity index (χ1) is 13.4. The summed E-state index contributed by atoms with van der Waals surface area (Å²) in [7, 11) is 1.45. The molecule has 0 spiro atoms. The lowest BCUT2D eigenvalue weighted by molar-refractivity contribution is -0.143. The van der Waals surface area contributed by atoms with Crippen LogP contribution < -0.4 is 9.47 Å². The first-order valence-electron chi connectivity index (χ1n) is 9.11. The van der Waals surface area contributed by atoms with Crippen LogP contribution in [0.15, 0.2) is 24.5 Å². The van der Waals surface area contributed by atoms with Crippen molar-refractivity contribution in [3.63, 3.8) is 0 Å². The maximum Gasteiger partial charge on any atom is 0.408 e. The predicted octanol–water partition coefficient (Wildman–Crippen LogP) is 4.01. The first kappa shape index (κ1) is 20.2. The van der Waals surface area contributed by atoms with E-state index in [-0.39, 0.29) is 18.4 Å². The fourth-order valence-electron chi connectivity index (χ4n) is 3.72. The maximum absolute atomic E-state index is 12.8. The summed E-state index contributed by atoms with van der Waals surface area (Å²) in [4.78, 5) is 15.3. The Kier molecular flexibility index (Phi) is 6.21. The van der Waals surface area contributed by atoms with Gasteiger partial charge >= 0.3 is 6.18 Å². The van der Waals surface area contributed by atoms with Crippen molar-refractivity contribution in [3.05, 3.63) is 35.8 Å². The number of halogens is 3. The molecule has 1 saturated carbocycles. The van der Waals surface area contributed by atoms with Gasteiger partial charge in [-0.05, 0) is 18.9 Å². The summed E-state index contributed by atoms with van der Waals surface area (Å²) in [5, 5.41) is 3.86. The van der Waals surface area contributed by atoms with E-state index in [4.69, 9.17) is 9.47 Å². The van der Waals surface area contributed by atoms with Gasteiger partial charge < -0.3 is 9.47 Å². The van der Waals surface area contributed by atoms with Gasteiger partial charge in [0.25, 0.3) is 0 Å². The molecule has 2 atom stereocenters. The van der Waals surface area contributed by atoms with Gasteiger partial charge in [-0.25, -0.2) is 4.98 Å². The molecular formula is C19H22F3N3O3. The number of nitrogens with zero attached hydrogens (tertiary/aromatic N) is 3. The van der Waals surface area contributed by atoms with E-state index >= 15 is 0 Å². The largest absolute Gasteiger partial charge is 0.491 e. The van der Waals surface area contributed by atoms with Gasteiger partial charge in [0.1, 0.15) is 12.3 Å². The number of aldehydes is 1. The number of hydrogen-bond donors (Lipinski definition) is 0. The normalized spacial score (nSPS) is 20.0. The molecule has 0 saturated heterocycles. The molecule has 0 radical (unpaired) electrons. The van der Waals surface area contributed by atoms with Crippen molar-refractivity contribution in [1.29, 1.82) is 0 Å². The Balaban J connectivity index is 1.75. The van der Waals surface area contributed by atoms with Crippen LogP contribution in [0.3, 0.4) is 0 Å². The highest BCUT2D eigenvalue weighted by Crippen LogP contribution is 2.38. The third-order valence-corrected chi connectivity index (χ3v) is 5.03. The van der Waals surface area contributed by atoms with Gasteiger partial charge in [-0.15, -0.1) is 0 Å². The molecule has 1 aliphatic carbocycles. The van der Waals surface area contributed by atoms with Crippen molar-refractivity contribution >= 4 is 6.29 Å². The van der Waals surface area contributed by atoms with Crippen LogP contribution in [-0.4, -0.2) is 40.9 Å². The van der Waals surface area contributed by atoms with E-state index in [0.717, 1.165) is 30.4 Å². The van der Waals surface area contributed by atoms with E-state index in [9.17, 15) is 18.0 Å². The number of carbonyl (C=O) groups is 1. The zero-order valence-corrected chi connectivity index (χ0v) is 15.5. The average Bonchev–Trinajstić information content (AvgIpc) is 3.12. The zero-order chi connectivity index (χ0) is 20.1. The molecule has 1 fully saturated rings. The standard InChI is InChI=1S/C19H22F3N3O3/c1-27-18-8-14(10-26)17(9-23-18)28-11-13-4-2-3-5-15(13)16-6-7-24-25(16)12-19(20,21)22/h6-10,13,15H,2-5,11-12H2,1H3. The number of carbonyl (C=O) groups excluding carboxylic acids is 1. The molecule has 2 unspecified atom stereocenters. The van der Waals surface area contributed by atoms with Crippen molar-refractivity contribution < 1.29 is 27.4 Å². The quantitative estimate of drug-likeness (QED) is 0.661. The van der Waals surface area contributed by atoms with Crippen LogP contribution in [0.4, 0.5) is 13.2 Å². The number of aromatic nitrogens is 3. The van der Waals surface area contributed by atoms with Gasteiger partial charge in [-0.2, -0.15) is 18.3 Å². The molecule has 9 heteroatoms. The molecule has 1 aliphatic rings. The lowest BCUT2D eigenvalue weighted by Gasteiger charge is -2.32. The highest BCUT2D eigenvalue weighted by molar-refractivity contribution is 5.79. The van der Waals surface area contributed by atoms with Gasteiger partial charge in [-0.1, -0.05) is 12.8 Å². The Morgan fingerprint density at radius 2 is 2.11 bits per heavy atom. The van der Waals surface area contributed by atoms with E-state index < -0.39 is 12.7 Å². The smallest absolute Gasteiger partial charge is 0.408 e. The third-order valence-electron chi connectivity index (χ3n) is 5.03. The summed E-state index contributed by atoms with van der Waals surface area (Å²) >= 11 is 0. The summed E-state index contributed by atoms with van der Waals surface area (Å²) in [6.45, 7) is -0.812. The SMILES string of the molecule is COc1cc(C=O)c(OCC2CCCCC2c2ccnn2CC(F)(F)F)cn1. The van der Waals surface area contributed by atoms with Gasteiger partial charge in [0.15, 0.2) is 6.29 Å². The van der Waals surface area contributed by atoms with E-state index in [2.05, 4.69) is 10.1 Å². The van der Waals surface area contributed by atoms with Crippen LogP contribution in [0, 0.1) is 5.92 Å². The van der Waals surface area contributed by atoms with Crippen LogP contribution in [0.25, 0.3) is 0 Å². The van der Waals surface area contributed by atoms with E-state index in [0.29, 0.717) is 29.2 Å². The second kappa shape index (κ2) is 8.62. The first-order valence-corrected chi connectivity index (χ1v) is 9.11. The Labute approximate surface area is 160 Å².